The minimum Gasteiger partial charge on any atom is -0.481 e. The van der Waals surface area contributed by atoms with Crippen LogP contribution in [0.25, 0.3) is 12.2 Å². The SMILES string of the molecule is CC(C)(CN1CCN(C/C=C/c2ccccc2)CC1)C(=O)O.Cc1cccc(N)c1.Cc1cccc(NC(=O)C(C)(C)CN2CCN(C/C=C/c3ccccc3)CC2)c1. The van der Waals surface area contributed by atoms with E-state index < -0.39 is 16.8 Å². The van der Waals surface area contributed by atoms with Gasteiger partial charge in [-0.3, -0.25) is 29.2 Å². The molecule has 0 atom stereocenters. The lowest BCUT2D eigenvalue weighted by Gasteiger charge is -2.38. The molecule has 0 spiro atoms. The first kappa shape index (κ1) is 46.6. The van der Waals surface area contributed by atoms with Gasteiger partial charge < -0.3 is 16.2 Å². The molecule has 4 aromatic carbocycles. The fourth-order valence-corrected chi connectivity index (χ4v) is 7.01. The number of aryl methyl sites for hydroxylation is 2. The smallest absolute Gasteiger partial charge is 0.310 e. The zero-order valence-electron chi connectivity index (χ0n) is 36.3. The van der Waals surface area contributed by atoms with Crippen molar-refractivity contribution in [2.45, 2.75) is 41.5 Å². The molecule has 4 N–H and O–H groups in total. The molecule has 6 rings (SSSR count). The van der Waals surface area contributed by atoms with Gasteiger partial charge in [0.25, 0.3) is 0 Å². The Morgan fingerprint density at radius 3 is 1.42 bits per heavy atom. The summed E-state index contributed by atoms with van der Waals surface area (Å²) >= 11 is 0. The molecular weight excluding hydrogens is 733 g/mol. The largest absolute Gasteiger partial charge is 0.481 e. The molecular formula is C50H68N6O3. The molecule has 59 heavy (non-hydrogen) atoms. The van der Waals surface area contributed by atoms with E-state index in [0.29, 0.717) is 6.54 Å². The van der Waals surface area contributed by atoms with E-state index in [1.54, 1.807) is 13.8 Å². The number of hydrogen-bond donors (Lipinski definition) is 3. The number of hydrogen-bond acceptors (Lipinski definition) is 7. The van der Waals surface area contributed by atoms with Gasteiger partial charge in [-0.1, -0.05) is 109 Å². The summed E-state index contributed by atoms with van der Waals surface area (Å²) in [6.07, 6.45) is 8.78. The van der Waals surface area contributed by atoms with Crippen LogP contribution in [0.15, 0.2) is 121 Å². The van der Waals surface area contributed by atoms with E-state index in [0.717, 1.165) is 88.9 Å². The van der Waals surface area contributed by atoms with E-state index in [9.17, 15) is 14.7 Å². The molecule has 2 aliphatic heterocycles. The van der Waals surface area contributed by atoms with Gasteiger partial charge in [0, 0.05) is 89.9 Å². The number of amides is 1. The summed E-state index contributed by atoms with van der Waals surface area (Å²) in [7, 11) is 0. The van der Waals surface area contributed by atoms with Crippen molar-refractivity contribution in [3.63, 3.8) is 0 Å². The van der Waals surface area contributed by atoms with Gasteiger partial charge in [-0.15, -0.1) is 0 Å². The van der Waals surface area contributed by atoms with Gasteiger partial charge in [0.15, 0.2) is 0 Å². The molecule has 2 aliphatic rings. The first-order valence-electron chi connectivity index (χ1n) is 20.9. The topological polar surface area (TPSA) is 105 Å². The van der Waals surface area contributed by atoms with Gasteiger partial charge in [-0.05, 0) is 88.1 Å². The molecule has 316 valence electrons. The number of nitrogens with two attached hydrogens (primary N) is 1. The van der Waals surface area contributed by atoms with Crippen LogP contribution in [0.1, 0.15) is 49.9 Å². The molecule has 1 amide bonds. The number of carboxylic acid groups (broad SMARTS) is 1. The summed E-state index contributed by atoms with van der Waals surface area (Å²) < 4.78 is 0. The Bertz CT molecular complexity index is 1890. The van der Waals surface area contributed by atoms with Gasteiger partial charge in [-0.2, -0.15) is 0 Å². The van der Waals surface area contributed by atoms with Crippen LogP contribution < -0.4 is 11.1 Å². The van der Waals surface area contributed by atoms with Gasteiger partial charge in [-0.25, -0.2) is 0 Å². The number of nitrogen functional groups attached to an aromatic ring is 1. The molecule has 0 aromatic heterocycles. The summed E-state index contributed by atoms with van der Waals surface area (Å²) in [4.78, 5) is 33.5. The molecule has 2 heterocycles. The van der Waals surface area contributed by atoms with Crippen molar-refractivity contribution in [2.75, 3.05) is 89.6 Å². The lowest BCUT2D eigenvalue weighted by Crippen LogP contribution is -2.51. The number of piperazine rings is 2. The molecule has 0 saturated carbocycles. The highest BCUT2D eigenvalue weighted by atomic mass is 16.4. The second-order valence-electron chi connectivity index (χ2n) is 17.1. The standard InChI is InChI=1S/C25H33N3O.C18H26N2O2.C7H9N/c1-21-9-7-13-23(19-21)26-24(29)25(2,3)20-28-17-15-27(16-18-28)14-8-12-22-10-5-4-6-11-22;1-18(2,17(21)22)15-20-13-11-19(12-14-20)10-6-9-16-7-4-3-5-8-16;1-6-3-2-4-7(8)5-6/h4-13,19H,14-18,20H2,1-3H3,(H,26,29);3-9H,10-15H2,1-2H3,(H,21,22);2-5H,8H2,1H3/b12-8+;9-6+;. The third kappa shape index (κ3) is 17.4. The Kier molecular flexibility index (Phi) is 18.6. The number of carboxylic acids is 1. The summed E-state index contributed by atoms with van der Waals surface area (Å²) in [5.74, 6) is -0.642. The average molecular weight is 801 g/mol. The Labute approximate surface area is 354 Å². The number of benzene rings is 4. The molecule has 9 nitrogen and oxygen atoms in total. The number of anilines is 2. The number of rotatable bonds is 13. The molecule has 2 saturated heterocycles. The normalized spacial score (nSPS) is 15.9. The molecule has 0 aliphatic carbocycles. The maximum Gasteiger partial charge on any atom is 0.310 e. The van der Waals surface area contributed by atoms with Gasteiger partial charge >= 0.3 is 5.97 Å². The monoisotopic (exact) mass is 801 g/mol. The number of nitrogens with zero attached hydrogens (tertiary/aromatic N) is 4. The Morgan fingerprint density at radius 2 is 1.02 bits per heavy atom. The second-order valence-corrected chi connectivity index (χ2v) is 17.1. The van der Waals surface area contributed by atoms with Crippen molar-refractivity contribution in [2.24, 2.45) is 10.8 Å². The number of aliphatic carboxylic acids is 1. The highest BCUT2D eigenvalue weighted by Crippen LogP contribution is 2.22. The zero-order chi connectivity index (χ0) is 42.7. The highest BCUT2D eigenvalue weighted by Gasteiger charge is 2.32. The van der Waals surface area contributed by atoms with Crippen LogP contribution in [0.4, 0.5) is 11.4 Å². The highest BCUT2D eigenvalue weighted by molar-refractivity contribution is 5.95. The third-order valence-corrected chi connectivity index (χ3v) is 10.6. The van der Waals surface area contributed by atoms with Crippen LogP contribution in [0.2, 0.25) is 0 Å². The van der Waals surface area contributed by atoms with E-state index in [4.69, 9.17) is 5.73 Å². The molecule has 0 bridgehead atoms. The summed E-state index contributed by atoms with van der Waals surface area (Å²) in [5.41, 5.74) is 10.9. The van der Waals surface area contributed by atoms with Crippen LogP contribution in [0, 0.1) is 24.7 Å². The van der Waals surface area contributed by atoms with E-state index in [-0.39, 0.29) is 5.91 Å². The summed E-state index contributed by atoms with van der Waals surface area (Å²) in [6, 6.07) is 36.5. The van der Waals surface area contributed by atoms with Gasteiger partial charge in [0.2, 0.25) is 5.91 Å². The first-order valence-corrected chi connectivity index (χ1v) is 20.9. The lowest BCUT2D eigenvalue weighted by atomic mass is 9.91. The second kappa shape index (κ2) is 23.5. The maximum absolute atomic E-state index is 12.8. The minimum atomic E-state index is -0.722. The first-order chi connectivity index (χ1) is 28.2. The fraction of sp³-hybridized carbons (Fsp3) is 0.400. The van der Waals surface area contributed by atoms with Crippen LogP contribution in [0.5, 0.6) is 0 Å². The number of carbonyl (C=O) groups excluding carboxylic acids is 1. The van der Waals surface area contributed by atoms with E-state index in [1.165, 1.54) is 16.7 Å². The van der Waals surface area contributed by atoms with Crippen molar-refractivity contribution in [3.8, 4) is 0 Å². The Morgan fingerprint density at radius 1 is 0.593 bits per heavy atom. The summed E-state index contributed by atoms with van der Waals surface area (Å²) in [6.45, 7) is 23.0. The predicted octanol–water partition coefficient (Wildman–Crippen LogP) is 8.30. The van der Waals surface area contributed by atoms with Crippen LogP contribution in [-0.4, -0.2) is 115 Å². The quantitative estimate of drug-likeness (QED) is 0.116. The van der Waals surface area contributed by atoms with E-state index in [1.807, 2.05) is 100 Å². The molecule has 0 radical (unpaired) electrons. The number of nitrogens with one attached hydrogen (secondary N) is 1. The molecule has 0 unspecified atom stereocenters. The number of carbonyl (C=O) groups is 2. The third-order valence-electron chi connectivity index (χ3n) is 10.6. The van der Waals surface area contributed by atoms with Gasteiger partial charge in [0.1, 0.15) is 0 Å². The minimum absolute atomic E-state index is 0.0799. The van der Waals surface area contributed by atoms with Crippen molar-refractivity contribution < 1.29 is 14.7 Å². The van der Waals surface area contributed by atoms with Crippen molar-refractivity contribution in [3.05, 3.63) is 144 Å². The lowest BCUT2D eigenvalue weighted by molar-refractivity contribution is -0.148. The van der Waals surface area contributed by atoms with Crippen molar-refractivity contribution in [1.82, 2.24) is 19.6 Å². The molecule has 2 fully saturated rings. The van der Waals surface area contributed by atoms with Crippen LogP contribution in [-0.2, 0) is 9.59 Å². The average Bonchev–Trinajstić information content (AvgIpc) is 3.20. The predicted molar refractivity (Wildman–Crippen MR) is 247 cm³/mol. The van der Waals surface area contributed by atoms with E-state index in [2.05, 4.69) is 85.6 Å². The maximum atomic E-state index is 12.8. The fourth-order valence-electron chi connectivity index (χ4n) is 7.01. The Balaban J connectivity index is 0.000000225. The van der Waals surface area contributed by atoms with Crippen molar-refractivity contribution >= 4 is 35.4 Å². The van der Waals surface area contributed by atoms with E-state index >= 15 is 0 Å². The zero-order valence-corrected chi connectivity index (χ0v) is 36.3. The van der Waals surface area contributed by atoms with Gasteiger partial charge in [0.05, 0.1) is 10.8 Å². The summed E-state index contributed by atoms with van der Waals surface area (Å²) in [5, 5.41) is 12.3. The molecule has 9 heteroatoms. The Hall–Kier alpha value is -5.06. The van der Waals surface area contributed by atoms with Crippen LogP contribution in [0.3, 0.4) is 0 Å². The van der Waals surface area contributed by atoms with Crippen molar-refractivity contribution in [1.29, 1.82) is 0 Å². The molecule has 4 aromatic rings. The van der Waals surface area contributed by atoms with Crippen LogP contribution >= 0.6 is 0 Å².